The summed E-state index contributed by atoms with van der Waals surface area (Å²) in [5.41, 5.74) is 0.480. The Kier molecular flexibility index (Phi) is 6.54. The molecule has 1 atom stereocenters. The number of hydrogen-bond acceptors (Lipinski definition) is 4. The number of methoxy groups -OCH3 is 1. The predicted molar refractivity (Wildman–Crippen MR) is 78.2 cm³/mol. The minimum Gasteiger partial charge on any atom is -0.480 e. The van der Waals surface area contributed by atoms with E-state index in [0.29, 0.717) is 10.8 Å². The second-order valence-corrected chi connectivity index (χ2v) is 6.10. The fourth-order valence-corrected chi connectivity index (χ4v) is 2.54. The zero-order chi connectivity index (χ0) is 15.1. The third-order valence-corrected chi connectivity index (χ3v) is 3.51. The number of carboxylic acids is 1. The summed E-state index contributed by atoms with van der Waals surface area (Å²) in [6.07, 6.45) is 0. The summed E-state index contributed by atoms with van der Waals surface area (Å²) in [4.78, 5) is 24.0. The average Bonchev–Trinajstić information content (AvgIpc) is 2.37. The Hall–Kier alpha value is -1.53. The molecule has 20 heavy (non-hydrogen) atoms. The second-order valence-electron chi connectivity index (χ2n) is 4.48. The molecule has 5 nitrogen and oxygen atoms in total. The van der Waals surface area contributed by atoms with E-state index in [1.165, 1.54) is 7.11 Å². The van der Waals surface area contributed by atoms with E-state index in [9.17, 15) is 9.59 Å². The number of carboxylic acid groups (broad SMARTS) is 1. The van der Waals surface area contributed by atoms with E-state index in [-0.39, 0.29) is 6.61 Å². The molecule has 1 amide bonds. The van der Waals surface area contributed by atoms with E-state index >= 15 is 0 Å². The van der Waals surface area contributed by atoms with Gasteiger partial charge in [0, 0.05) is 17.3 Å². The lowest BCUT2D eigenvalue weighted by Crippen LogP contribution is -2.43. The van der Waals surface area contributed by atoms with Crippen molar-refractivity contribution in [1.82, 2.24) is 5.32 Å². The molecule has 0 aliphatic rings. The van der Waals surface area contributed by atoms with Gasteiger partial charge in [0.05, 0.1) is 12.2 Å². The molecule has 0 aliphatic carbocycles. The van der Waals surface area contributed by atoms with Gasteiger partial charge in [0.25, 0.3) is 5.91 Å². The van der Waals surface area contributed by atoms with E-state index in [1.807, 2.05) is 26.0 Å². The summed E-state index contributed by atoms with van der Waals surface area (Å²) in [6.45, 7) is 4.00. The van der Waals surface area contributed by atoms with Crippen molar-refractivity contribution in [3.8, 4) is 0 Å². The molecular weight excluding hydrogens is 278 g/mol. The average molecular weight is 297 g/mol. The van der Waals surface area contributed by atoms with Gasteiger partial charge >= 0.3 is 5.97 Å². The molecule has 6 heteroatoms. The molecule has 0 aliphatic heterocycles. The van der Waals surface area contributed by atoms with Crippen LogP contribution in [0.15, 0.2) is 29.2 Å². The van der Waals surface area contributed by atoms with Crippen LogP contribution in [0.3, 0.4) is 0 Å². The van der Waals surface area contributed by atoms with Gasteiger partial charge in [-0.15, -0.1) is 11.8 Å². The molecule has 2 N–H and O–H groups in total. The lowest BCUT2D eigenvalue weighted by atomic mass is 10.2. The first kappa shape index (κ1) is 16.5. The molecule has 0 radical (unpaired) electrons. The summed E-state index contributed by atoms with van der Waals surface area (Å²) in [7, 11) is 1.39. The van der Waals surface area contributed by atoms with Crippen LogP contribution in [0.1, 0.15) is 24.2 Å². The predicted octanol–water partition coefficient (Wildman–Crippen LogP) is 2.02. The van der Waals surface area contributed by atoms with Crippen molar-refractivity contribution in [3.05, 3.63) is 29.8 Å². The molecule has 0 saturated heterocycles. The van der Waals surface area contributed by atoms with Crippen LogP contribution in [0.5, 0.6) is 0 Å². The second kappa shape index (κ2) is 7.91. The number of carbonyl (C=O) groups excluding carboxylic acids is 1. The highest BCUT2D eigenvalue weighted by Gasteiger charge is 2.22. The number of rotatable bonds is 7. The number of aliphatic carboxylic acids is 1. The van der Waals surface area contributed by atoms with Crippen LogP contribution >= 0.6 is 11.8 Å². The molecule has 1 aromatic carbocycles. The summed E-state index contributed by atoms with van der Waals surface area (Å²) in [5, 5.41) is 11.8. The van der Waals surface area contributed by atoms with E-state index in [1.54, 1.807) is 23.9 Å². The van der Waals surface area contributed by atoms with Gasteiger partial charge in [0.15, 0.2) is 6.04 Å². The normalized spacial score (nSPS) is 12.2. The first-order valence-corrected chi connectivity index (χ1v) is 7.12. The number of benzene rings is 1. The van der Waals surface area contributed by atoms with Crippen LogP contribution in [-0.4, -0.2) is 42.0 Å². The maximum atomic E-state index is 12.2. The Labute approximate surface area is 122 Å². The van der Waals surface area contributed by atoms with Crippen LogP contribution in [0, 0.1) is 0 Å². The number of nitrogens with one attached hydrogen (secondary N) is 1. The van der Waals surface area contributed by atoms with Gasteiger partial charge in [-0.2, -0.15) is 0 Å². The standard InChI is InChI=1S/C14H19NO4S/c1-9(2)20-12-7-5-4-6-10(12)13(16)15-11(8-19-3)14(17)18/h4-7,9,11H,8H2,1-3H3,(H,15,16)(H,17,18). The van der Waals surface area contributed by atoms with Gasteiger partial charge in [0.2, 0.25) is 0 Å². The highest BCUT2D eigenvalue weighted by atomic mass is 32.2. The molecule has 0 saturated carbocycles. The smallest absolute Gasteiger partial charge is 0.328 e. The summed E-state index contributed by atoms with van der Waals surface area (Å²) >= 11 is 1.56. The van der Waals surface area contributed by atoms with Crippen molar-refractivity contribution in [2.24, 2.45) is 0 Å². The minimum atomic E-state index is -1.12. The molecule has 110 valence electrons. The van der Waals surface area contributed by atoms with Crippen molar-refractivity contribution >= 4 is 23.6 Å². The first-order valence-electron chi connectivity index (χ1n) is 6.24. The molecule has 0 spiro atoms. The SMILES string of the molecule is COCC(NC(=O)c1ccccc1SC(C)C)C(=O)O. The topological polar surface area (TPSA) is 75.6 Å². The fourth-order valence-electron chi connectivity index (χ4n) is 1.59. The number of thioether (sulfide) groups is 1. The van der Waals surface area contributed by atoms with Gasteiger partial charge < -0.3 is 15.2 Å². The van der Waals surface area contributed by atoms with E-state index < -0.39 is 17.9 Å². The zero-order valence-electron chi connectivity index (χ0n) is 11.8. The Balaban J connectivity index is 2.88. The van der Waals surface area contributed by atoms with Crippen LogP contribution in [0.25, 0.3) is 0 Å². The maximum absolute atomic E-state index is 12.2. The number of amides is 1. The largest absolute Gasteiger partial charge is 0.480 e. The van der Waals surface area contributed by atoms with Gasteiger partial charge in [-0.25, -0.2) is 4.79 Å². The Bertz CT molecular complexity index is 476. The van der Waals surface area contributed by atoms with Crippen LogP contribution in [0.2, 0.25) is 0 Å². The molecule has 0 fully saturated rings. The lowest BCUT2D eigenvalue weighted by Gasteiger charge is -2.15. The molecule has 0 bridgehead atoms. The number of ether oxygens (including phenoxy) is 1. The van der Waals surface area contributed by atoms with Crippen molar-refractivity contribution in [3.63, 3.8) is 0 Å². The molecule has 1 unspecified atom stereocenters. The minimum absolute atomic E-state index is 0.0689. The van der Waals surface area contributed by atoms with E-state index in [0.717, 1.165) is 4.90 Å². The van der Waals surface area contributed by atoms with Crippen LogP contribution in [-0.2, 0) is 9.53 Å². The van der Waals surface area contributed by atoms with Crippen molar-refractivity contribution < 1.29 is 19.4 Å². The molecular formula is C14H19NO4S. The molecule has 0 aromatic heterocycles. The lowest BCUT2D eigenvalue weighted by molar-refractivity contribution is -0.140. The third-order valence-electron chi connectivity index (χ3n) is 2.43. The van der Waals surface area contributed by atoms with Gasteiger partial charge in [-0.1, -0.05) is 26.0 Å². The first-order chi connectivity index (χ1) is 9.45. The van der Waals surface area contributed by atoms with Gasteiger partial charge in [0.1, 0.15) is 0 Å². The monoisotopic (exact) mass is 297 g/mol. The molecule has 1 aromatic rings. The van der Waals surface area contributed by atoms with E-state index in [4.69, 9.17) is 9.84 Å². The number of carbonyl (C=O) groups is 2. The Morgan fingerprint density at radius 3 is 2.55 bits per heavy atom. The van der Waals surface area contributed by atoms with Crippen LogP contribution < -0.4 is 5.32 Å². The highest BCUT2D eigenvalue weighted by molar-refractivity contribution is 8.00. The van der Waals surface area contributed by atoms with Crippen molar-refractivity contribution in [1.29, 1.82) is 0 Å². The molecule has 1 rings (SSSR count). The Morgan fingerprint density at radius 1 is 1.35 bits per heavy atom. The van der Waals surface area contributed by atoms with Gasteiger partial charge in [-0.3, -0.25) is 4.79 Å². The van der Waals surface area contributed by atoms with Crippen LogP contribution in [0.4, 0.5) is 0 Å². The summed E-state index contributed by atoms with van der Waals surface area (Å²) in [6, 6.07) is 6.10. The van der Waals surface area contributed by atoms with Crippen molar-refractivity contribution in [2.45, 2.75) is 30.0 Å². The van der Waals surface area contributed by atoms with E-state index in [2.05, 4.69) is 5.32 Å². The zero-order valence-corrected chi connectivity index (χ0v) is 12.6. The quantitative estimate of drug-likeness (QED) is 0.753. The van der Waals surface area contributed by atoms with Gasteiger partial charge in [-0.05, 0) is 12.1 Å². The highest BCUT2D eigenvalue weighted by Crippen LogP contribution is 2.26. The van der Waals surface area contributed by atoms with Crippen molar-refractivity contribution in [2.75, 3.05) is 13.7 Å². The number of hydrogen-bond donors (Lipinski definition) is 2. The maximum Gasteiger partial charge on any atom is 0.328 e. The summed E-state index contributed by atoms with van der Waals surface area (Å²) in [5.74, 6) is -1.52. The fraction of sp³-hybridized carbons (Fsp3) is 0.429. The summed E-state index contributed by atoms with van der Waals surface area (Å²) < 4.78 is 4.80. The molecule has 0 heterocycles. The Morgan fingerprint density at radius 2 is 2.00 bits per heavy atom. The third kappa shape index (κ3) is 4.86.